The van der Waals surface area contributed by atoms with Gasteiger partial charge in [-0.25, -0.2) is 0 Å². The van der Waals surface area contributed by atoms with Crippen LogP contribution in [0.1, 0.15) is 31.7 Å². The average Bonchev–Trinajstić information content (AvgIpc) is 2.46. The van der Waals surface area contributed by atoms with Crippen molar-refractivity contribution in [1.82, 2.24) is 5.32 Å². The highest BCUT2D eigenvalue weighted by Crippen LogP contribution is 2.14. The lowest BCUT2D eigenvalue weighted by molar-refractivity contribution is -0.118. The van der Waals surface area contributed by atoms with Gasteiger partial charge < -0.3 is 15.4 Å². The third kappa shape index (κ3) is 5.12. The molecular formula is C15H23ClN2O2. The molecule has 1 atom stereocenters. The fourth-order valence-corrected chi connectivity index (χ4v) is 2.26. The minimum absolute atomic E-state index is 0. The minimum atomic E-state index is -0.0516. The minimum Gasteiger partial charge on any atom is -0.377 e. The van der Waals surface area contributed by atoms with E-state index in [-0.39, 0.29) is 24.4 Å². The Labute approximate surface area is 126 Å². The largest absolute Gasteiger partial charge is 0.377 e. The van der Waals surface area contributed by atoms with Crippen molar-refractivity contribution < 1.29 is 9.53 Å². The molecule has 5 heteroatoms. The average molecular weight is 299 g/mol. The smallest absolute Gasteiger partial charge is 0.241 e. The van der Waals surface area contributed by atoms with Crippen molar-refractivity contribution in [2.45, 2.75) is 38.8 Å². The predicted octanol–water partition coefficient (Wildman–Crippen LogP) is 2.73. The zero-order chi connectivity index (χ0) is 13.5. The maximum atomic E-state index is 12.1. The van der Waals surface area contributed by atoms with Gasteiger partial charge in [-0.15, -0.1) is 12.4 Å². The third-order valence-corrected chi connectivity index (χ3v) is 3.29. The molecule has 0 bridgehead atoms. The standard InChI is InChI=1S/C15H22N2O2.ClH/c1-2-19-11-12-6-5-7-13(10-12)17-15(18)14-8-3-4-9-16-14;/h5-7,10,14,16H,2-4,8-9,11H2,1H3,(H,17,18);1H. The molecule has 2 rings (SSSR count). The molecule has 1 saturated heterocycles. The predicted molar refractivity (Wildman–Crippen MR) is 83.3 cm³/mol. The van der Waals surface area contributed by atoms with Gasteiger partial charge in [0.2, 0.25) is 5.91 Å². The fourth-order valence-electron chi connectivity index (χ4n) is 2.26. The molecule has 4 nitrogen and oxygen atoms in total. The monoisotopic (exact) mass is 298 g/mol. The highest BCUT2D eigenvalue weighted by atomic mass is 35.5. The van der Waals surface area contributed by atoms with Crippen molar-refractivity contribution in [3.05, 3.63) is 29.8 Å². The van der Waals surface area contributed by atoms with E-state index >= 15 is 0 Å². The van der Waals surface area contributed by atoms with E-state index < -0.39 is 0 Å². The third-order valence-electron chi connectivity index (χ3n) is 3.29. The van der Waals surface area contributed by atoms with E-state index in [0.29, 0.717) is 13.2 Å². The van der Waals surface area contributed by atoms with Crippen LogP contribution in [0.5, 0.6) is 0 Å². The summed E-state index contributed by atoms with van der Waals surface area (Å²) in [4.78, 5) is 12.1. The Morgan fingerprint density at radius 3 is 3.00 bits per heavy atom. The lowest BCUT2D eigenvalue weighted by Crippen LogP contribution is -2.43. The number of rotatable bonds is 5. The number of piperidine rings is 1. The Morgan fingerprint density at radius 1 is 1.45 bits per heavy atom. The molecule has 1 unspecified atom stereocenters. The van der Waals surface area contributed by atoms with Crippen molar-refractivity contribution >= 4 is 24.0 Å². The van der Waals surface area contributed by atoms with Gasteiger partial charge >= 0.3 is 0 Å². The highest BCUT2D eigenvalue weighted by Gasteiger charge is 2.20. The van der Waals surface area contributed by atoms with Crippen LogP contribution in [0.3, 0.4) is 0 Å². The quantitative estimate of drug-likeness (QED) is 0.879. The molecule has 1 aliphatic rings. The molecule has 2 N–H and O–H groups in total. The second kappa shape index (κ2) is 8.95. The van der Waals surface area contributed by atoms with Gasteiger partial charge in [0.15, 0.2) is 0 Å². The Balaban J connectivity index is 0.00000200. The lowest BCUT2D eigenvalue weighted by Gasteiger charge is -2.22. The molecule has 0 spiro atoms. The first-order chi connectivity index (χ1) is 9.29. The number of halogens is 1. The number of carbonyl (C=O) groups is 1. The van der Waals surface area contributed by atoms with E-state index in [9.17, 15) is 4.79 Å². The van der Waals surface area contributed by atoms with Crippen LogP contribution in [-0.2, 0) is 16.1 Å². The zero-order valence-electron chi connectivity index (χ0n) is 11.9. The molecule has 112 valence electrons. The van der Waals surface area contributed by atoms with E-state index in [2.05, 4.69) is 10.6 Å². The topological polar surface area (TPSA) is 50.4 Å². The van der Waals surface area contributed by atoms with Gasteiger partial charge in [0, 0.05) is 12.3 Å². The molecule has 0 aromatic heterocycles. The summed E-state index contributed by atoms with van der Waals surface area (Å²) in [5, 5.41) is 6.22. The van der Waals surface area contributed by atoms with Crippen molar-refractivity contribution in [1.29, 1.82) is 0 Å². The Morgan fingerprint density at radius 2 is 2.30 bits per heavy atom. The number of amides is 1. The summed E-state index contributed by atoms with van der Waals surface area (Å²) in [5.74, 6) is 0.0632. The van der Waals surface area contributed by atoms with Gasteiger partial charge in [0.1, 0.15) is 0 Å². The zero-order valence-corrected chi connectivity index (χ0v) is 12.7. The number of ether oxygens (including phenoxy) is 1. The summed E-state index contributed by atoms with van der Waals surface area (Å²) in [6.07, 6.45) is 3.20. The molecule has 1 aromatic carbocycles. The molecular weight excluding hydrogens is 276 g/mol. The van der Waals surface area contributed by atoms with Crippen molar-refractivity contribution in [3.63, 3.8) is 0 Å². The normalized spacial score (nSPS) is 18.1. The maximum absolute atomic E-state index is 12.1. The van der Waals surface area contributed by atoms with Gasteiger partial charge in [0.25, 0.3) is 0 Å². The summed E-state index contributed by atoms with van der Waals surface area (Å²) < 4.78 is 5.37. The van der Waals surface area contributed by atoms with Crippen LogP contribution in [0, 0.1) is 0 Å². The van der Waals surface area contributed by atoms with Crippen LogP contribution in [0.15, 0.2) is 24.3 Å². The number of anilines is 1. The van der Waals surface area contributed by atoms with Gasteiger partial charge in [0.05, 0.1) is 12.6 Å². The highest BCUT2D eigenvalue weighted by molar-refractivity contribution is 5.94. The molecule has 20 heavy (non-hydrogen) atoms. The van der Waals surface area contributed by atoms with Gasteiger partial charge in [-0.2, -0.15) is 0 Å². The van der Waals surface area contributed by atoms with Crippen molar-refractivity contribution in [2.24, 2.45) is 0 Å². The van der Waals surface area contributed by atoms with E-state index in [1.54, 1.807) is 0 Å². The molecule has 1 aliphatic heterocycles. The Hall–Kier alpha value is -1.10. The van der Waals surface area contributed by atoms with Crippen molar-refractivity contribution in [3.8, 4) is 0 Å². The summed E-state index contributed by atoms with van der Waals surface area (Å²) in [6.45, 7) is 4.19. The van der Waals surface area contributed by atoms with Crippen LogP contribution in [0.2, 0.25) is 0 Å². The van der Waals surface area contributed by atoms with Crippen molar-refractivity contribution in [2.75, 3.05) is 18.5 Å². The van der Waals surface area contributed by atoms with Crippen LogP contribution < -0.4 is 10.6 Å². The van der Waals surface area contributed by atoms with Gasteiger partial charge in [-0.1, -0.05) is 18.6 Å². The van der Waals surface area contributed by atoms with Crippen LogP contribution >= 0.6 is 12.4 Å². The summed E-state index contributed by atoms with van der Waals surface area (Å²) in [7, 11) is 0. The Kier molecular flexibility index (Phi) is 7.59. The second-order valence-corrected chi connectivity index (χ2v) is 4.83. The summed E-state index contributed by atoms with van der Waals surface area (Å²) >= 11 is 0. The molecule has 1 heterocycles. The SMILES string of the molecule is CCOCc1cccc(NC(=O)C2CCCCN2)c1.Cl. The van der Waals surface area contributed by atoms with E-state index in [1.807, 2.05) is 31.2 Å². The molecule has 1 fully saturated rings. The Bertz CT molecular complexity index is 420. The second-order valence-electron chi connectivity index (χ2n) is 4.83. The number of nitrogens with one attached hydrogen (secondary N) is 2. The fraction of sp³-hybridized carbons (Fsp3) is 0.533. The first kappa shape index (κ1) is 17.0. The maximum Gasteiger partial charge on any atom is 0.241 e. The van der Waals surface area contributed by atoms with E-state index in [4.69, 9.17) is 4.74 Å². The van der Waals surface area contributed by atoms with E-state index in [0.717, 1.165) is 37.1 Å². The first-order valence-corrected chi connectivity index (χ1v) is 7.00. The molecule has 1 amide bonds. The van der Waals surface area contributed by atoms with Crippen LogP contribution in [-0.4, -0.2) is 25.1 Å². The molecule has 0 saturated carbocycles. The van der Waals surface area contributed by atoms with Gasteiger partial charge in [-0.3, -0.25) is 4.79 Å². The number of benzene rings is 1. The number of hydrogen-bond donors (Lipinski definition) is 2. The molecule has 0 radical (unpaired) electrons. The number of carbonyl (C=O) groups excluding carboxylic acids is 1. The van der Waals surface area contributed by atoms with Crippen LogP contribution in [0.4, 0.5) is 5.69 Å². The molecule has 0 aliphatic carbocycles. The summed E-state index contributed by atoms with van der Waals surface area (Å²) in [6, 6.07) is 7.78. The van der Waals surface area contributed by atoms with Crippen LogP contribution in [0.25, 0.3) is 0 Å². The molecule has 1 aromatic rings. The van der Waals surface area contributed by atoms with Gasteiger partial charge in [-0.05, 0) is 44.0 Å². The van der Waals surface area contributed by atoms with E-state index in [1.165, 1.54) is 0 Å². The number of hydrogen-bond acceptors (Lipinski definition) is 3. The lowest BCUT2D eigenvalue weighted by atomic mass is 10.0. The summed E-state index contributed by atoms with van der Waals surface area (Å²) in [5.41, 5.74) is 1.92. The first-order valence-electron chi connectivity index (χ1n) is 7.00.